The van der Waals surface area contributed by atoms with E-state index in [1.165, 1.54) is 12.1 Å². The number of benzene rings is 2. The molecule has 0 atom stereocenters. The fourth-order valence-electron chi connectivity index (χ4n) is 2.68. The van der Waals surface area contributed by atoms with Gasteiger partial charge in [0.05, 0.1) is 0 Å². The first-order valence-electron chi connectivity index (χ1n) is 8.78. The highest BCUT2D eigenvalue weighted by molar-refractivity contribution is 6.03. The molecule has 0 fully saturated rings. The Morgan fingerprint density at radius 1 is 1.07 bits per heavy atom. The van der Waals surface area contributed by atoms with Crippen molar-refractivity contribution in [1.29, 1.82) is 0 Å². The Hall–Kier alpha value is -3.28. The van der Waals surface area contributed by atoms with Crippen LogP contribution < -0.4 is 10.6 Å². The molecule has 5 nitrogen and oxygen atoms in total. The predicted octanol–water partition coefficient (Wildman–Crippen LogP) is 4.35. The zero-order chi connectivity index (χ0) is 19.2. The summed E-state index contributed by atoms with van der Waals surface area (Å²) in [6.45, 7) is 4.28. The van der Waals surface area contributed by atoms with Gasteiger partial charge in [0, 0.05) is 17.9 Å². The summed E-state index contributed by atoms with van der Waals surface area (Å²) in [5, 5.41) is 5.99. The Bertz CT molecular complexity index is 941. The zero-order valence-electron chi connectivity index (χ0n) is 15.3. The van der Waals surface area contributed by atoms with Crippen LogP contribution in [0.15, 0.2) is 54.6 Å². The Balaban J connectivity index is 1.74. The van der Waals surface area contributed by atoms with Crippen molar-refractivity contribution >= 4 is 17.5 Å². The van der Waals surface area contributed by atoms with Gasteiger partial charge in [0.1, 0.15) is 11.5 Å². The fraction of sp³-hybridized carbons (Fsp3) is 0.190. The lowest BCUT2D eigenvalue weighted by molar-refractivity contribution is 0.102. The molecule has 3 aromatic rings. The highest BCUT2D eigenvalue weighted by Gasteiger charge is 2.12. The normalized spacial score (nSPS) is 10.5. The van der Waals surface area contributed by atoms with Gasteiger partial charge >= 0.3 is 0 Å². The van der Waals surface area contributed by atoms with Crippen molar-refractivity contribution in [3.63, 3.8) is 0 Å². The molecule has 0 radical (unpaired) electrons. The van der Waals surface area contributed by atoms with Gasteiger partial charge in [-0.25, -0.2) is 14.4 Å². The van der Waals surface area contributed by atoms with Crippen LogP contribution in [0.25, 0.3) is 0 Å². The number of halogens is 1. The Morgan fingerprint density at radius 2 is 1.81 bits per heavy atom. The number of carbonyl (C=O) groups is 1. The topological polar surface area (TPSA) is 66.9 Å². The third-order valence-corrected chi connectivity index (χ3v) is 4.10. The number of para-hydroxylation sites is 1. The lowest BCUT2D eigenvalue weighted by atomic mass is 10.1. The standard InChI is InChI=1S/C21H21FN4O/c1-3-16-6-4-5-7-18(16)25-20(27)19-12-14(2)24-21(26-19)23-13-15-8-10-17(22)11-9-15/h4-12H,3,13H2,1-2H3,(H,25,27)(H,23,24,26). The van der Waals surface area contributed by atoms with Crippen molar-refractivity contribution < 1.29 is 9.18 Å². The van der Waals surface area contributed by atoms with E-state index in [1.807, 2.05) is 38.1 Å². The van der Waals surface area contributed by atoms with Crippen LogP contribution in [0.2, 0.25) is 0 Å². The second-order valence-electron chi connectivity index (χ2n) is 6.16. The number of carbonyl (C=O) groups excluding carboxylic acids is 1. The summed E-state index contributed by atoms with van der Waals surface area (Å²) in [6.07, 6.45) is 0.823. The van der Waals surface area contributed by atoms with Crippen LogP contribution in [0.1, 0.15) is 34.2 Å². The van der Waals surface area contributed by atoms with Crippen LogP contribution in [0.5, 0.6) is 0 Å². The van der Waals surface area contributed by atoms with Crippen LogP contribution in [-0.2, 0) is 13.0 Å². The molecule has 0 aliphatic heterocycles. The SMILES string of the molecule is CCc1ccccc1NC(=O)c1cc(C)nc(NCc2ccc(F)cc2)n1. The summed E-state index contributed by atoms with van der Waals surface area (Å²) in [7, 11) is 0. The number of nitrogens with one attached hydrogen (secondary N) is 2. The second kappa shape index (κ2) is 8.40. The van der Waals surface area contributed by atoms with Crippen molar-refractivity contribution in [1.82, 2.24) is 9.97 Å². The smallest absolute Gasteiger partial charge is 0.274 e. The van der Waals surface area contributed by atoms with Crippen LogP contribution in [0, 0.1) is 12.7 Å². The highest BCUT2D eigenvalue weighted by atomic mass is 19.1. The maximum atomic E-state index is 13.0. The maximum Gasteiger partial charge on any atom is 0.274 e. The molecular formula is C21H21FN4O. The molecule has 0 saturated carbocycles. The average molecular weight is 364 g/mol. The van der Waals surface area contributed by atoms with Gasteiger partial charge in [-0.2, -0.15) is 0 Å². The molecule has 0 unspecified atom stereocenters. The van der Waals surface area contributed by atoms with Gasteiger partial charge in [-0.15, -0.1) is 0 Å². The fourth-order valence-corrected chi connectivity index (χ4v) is 2.68. The van der Waals surface area contributed by atoms with E-state index in [9.17, 15) is 9.18 Å². The minimum Gasteiger partial charge on any atom is -0.350 e. The molecule has 0 bridgehead atoms. The Labute approximate surface area is 157 Å². The van der Waals surface area contributed by atoms with Gasteiger partial charge in [-0.05, 0) is 48.7 Å². The van der Waals surface area contributed by atoms with Gasteiger partial charge < -0.3 is 10.6 Å². The van der Waals surface area contributed by atoms with E-state index in [-0.39, 0.29) is 17.4 Å². The van der Waals surface area contributed by atoms with Crippen molar-refractivity contribution in [3.05, 3.63) is 82.9 Å². The van der Waals surface area contributed by atoms with Crippen LogP contribution >= 0.6 is 0 Å². The predicted molar refractivity (Wildman–Crippen MR) is 104 cm³/mol. The molecule has 2 aromatic carbocycles. The van der Waals surface area contributed by atoms with Crippen LogP contribution in [0.3, 0.4) is 0 Å². The summed E-state index contributed by atoms with van der Waals surface area (Å²) in [5.41, 5.74) is 3.70. The molecule has 0 saturated heterocycles. The third-order valence-electron chi connectivity index (χ3n) is 4.10. The van der Waals surface area contributed by atoms with Gasteiger partial charge in [0.25, 0.3) is 5.91 Å². The second-order valence-corrected chi connectivity index (χ2v) is 6.16. The number of aromatic nitrogens is 2. The van der Waals surface area contributed by atoms with Gasteiger partial charge in [-0.3, -0.25) is 4.79 Å². The van der Waals surface area contributed by atoms with E-state index >= 15 is 0 Å². The number of hydrogen-bond acceptors (Lipinski definition) is 4. The first-order valence-corrected chi connectivity index (χ1v) is 8.78. The lowest BCUT2D eigenvalue weighted by Gasteiger charge is -2.11. The molecule has 27 heavy (non-hydrogen) atoms. The van der Waals surface area contributed by atoms with Gasteiger partial charge in [-0.1, -0.05) is 37.3 Å². The number of amides is 1. The molecule has 0 spiro atoms. The molecule has 1 amide bonds. The molecule has 1 heterocycles. The summed E-state index contributed by atoms with van der Waals surface area (Å²) >= 11 is 0. The third kappa shape index (κ3) is 4.88. The lowest BCUT2D eigenvalue weighted by Crippen LogP contribution is -2.17. The van der Waals surface area contributed by atoms with Gasteiger partial charge in [0.15, 0.2) is 0 Å². The number of hydrogen-bond donors (Lipinski definition) is 2. The number of anilines is 2. The molecule has 2 N–H and O–H groups in total. The molecule has 6 heteroatoms. The van der Waals surface area contributed by atoms with E-state index in [2.05, 4.69) is 20.6 Å². The molecule has 0 aliphatic carbocycles. The zero-order valence-corrected chi connectivity index (χ0v) is 15.3. The number of aryl methyl sites for hydroxylation is 2. The minimum absolute atomic E-state index is 0.281. The monoisotopic (exact) mass is 364 g/mol. The van der Waals surface area contributed by atoms with E-state index in [4.69, 9.17) is 0 Å². The van der Waals surface area contributed by atoms with E-state index in [0.717, 1.165) is 23.2 Å². The van der Waals surface area contributed by atoms with Crippen molar-refractivity contribution in [3.8, 4) is 0 Å². The number of rotatable bonds is 6. The summed E-state index contributed by atoms with van der Waals surface area (Å²) in [4.78, 5) is 21.3. The first kappa shape index (κ1) is 18.5. The largest absolute Gasteiger partial charge is 0.350 e. The summed E-state index contributed by atoms with van der Waals surface area (Å²) in [5.74, 6) is -0.212. The van der Waals surface area contributed by atoms with Gasteiger partial charge in [0.2, 0.25) is 5.95 Å². The van der Waals surface area contributed by atoms with Crippen molar-refractivity contribution in [2.45, 2.75) is 26.8 Å². The summed E-state index contributed by atoms with van der Waals surface area (Å²) in [6, 6.07) is 15.5. The Morgan fingerprint density at radius 3 is 2.56 bits per heavy atom. The van der Waals surface area contributed by atoms with E-state index in [1.54, 1.807) is 18.2 Å². The van der Waals surface area contributed by atoms with Crippen LogP contribution in [-0.4, -0.2) is 15.9 Å². The Kier molecular flexibility index (Phi) is 5.76. The van der Waals surface area contributed by atoms with E-state index < -0.39 is 0 Å². The highest BCUT2D eigenvalue weighted by Crippen LogP contribution is 2.17. The van der Waals surface area contributed by atoms with E-state index in [0.29, 0.717) is 18.2 Å². The number of nitrogens with zero attached hydrogens (tertiary/aromatic N) is 2. The molecule has 0 aliphatic rings. The van der Waals surface area contributed by atoms with Crippen molar-refractivity contribution in [2.75, 3.05) is 10.6 Å². The maximum absolute atomic E-state index is 13.0. The molecular weight excluding hydrogens is 343 g/mol. The summed E-state index contributed by atoms with van der Waals surface area (Å²) < 4.78 is 13.0. The van der Waals surface area contributed by atoms with Crippen LogP contribution in [0.4, 0.5) is 16.0 Å². The molecule has 3 rings (SSSR count). The molecule has 138 valence electrons. The average Bonchev–Trinajstić information content (AvgIpc) is 2.67. The minimum atomic E-state index is -0.286. The quantitative estimate of drug-likeness (QED) is 0.682. The molecule has 1 aromatic heterocycles. The van der Waals surface area contributed by atoms with Crippen molar-refractivity contribution in [2.24, 2.45) is 0 Å². The first-order chi connectivity index (χ1) is 13.0.